The zero-order chi connectivity index (χ0) is 10.7. The number of carbonyl (C=O) groups is 1. The van der Waals surface area contributed by atoms with Crippen molar-refractivity contribution in [3.05, 3.63) is 29.6 Å². The molecule has 0 aliphatic heterocycles. The molecule has 0 N–H and O–H groups in total. The largest absolute Gasteiger partial charge is 0.420 e. The Morgan fingerprint density at radius 3 is 2.43 bits per heavy atom. The average Bonchev–Trinajstić information content (AvgIpc) is 2.18. The van der Waals surface area contributed by atoms with Crippen molar-refractivity contribution in [1.29, 1.82) is 0 Å². The smallest absolute Gasteiger partial charge is 0.311 e. The molecular weight excluding hydrogens is 197 g/mol. The second-order valence-electron chi connectivity index (χ2n) is 2.50. The quantitative estimate of drug-likeness (QED) is 0.420. The molecule has 0 aliphatic rings. The molecule has 0 aliphatic carbocycles. The first-order valence-electron chi connectivity index (χ1n) is 3.90. The molecule has 14 heavy (non-hydrogen) atoms. The summed E-state index contributed by atoms with van der Waals surface area (Å²) in [5.74, 6) is -5.67. The van der Waals surface area contributed by atoms with E-state index in [4.69, 9.17) is 0 Å². The number of hydrogen-bond acceptors (Lipinski definition) is 2. The van der Waals surface area contributed by atoms with E-state index >= 15 is 0 Å². The molecule has 0 saturated carbocycles. The van der Waals surface area contributed by atoms with Crippen LogP contribution >= 0.6 is 0 Å². The second-order valence-corrected chi connectivity index (χ2v) is 2.50. The van der Waals surface area contributed by atoms with Gasteiger partial charge in [-0.05, 0) is 12.1 Å². The van der Waals surface area contributed by atoms with Gasteiger partial charge in [0.05, 0.1) is 0 Å². The molecular formula is C9H7F3O2. The SMILES string of the molecule is CCC(=O)Oc1c(F)ccc(F)c1F. The molecule has 5 heteroatoms. The van der Waals surface area contributed by atoms with Gasteiger partial charge in [-0.15, -0.1) is 0 Å². The lowest BCUT2D eigenvalue weighted by molar-refractivity contribution is -0.134. The van der Waals surface area contributed by atoms with Gasteiger partial charge in [0.15, 0.2) is 11.6 Å². The Morgan fingerprint density at radius 1 is 1.29 bits per heavy atom. The number of benzene rings is 1. The van der Waals surface area contributed by atoms with Crippen LogP contribution in [0.2, 0.25) is 0 Å². The number of ether oxygens (including phenoxy) is 1. The van der Waals surface area contributed by atoms with Crippen molar-refractivity contribution in [2.24, 2.45) is 0 Å². The van der Waals surface area contributed by atoms with Crippen LogP contribution < -0.4 is 4.74 Å². The first-order chi connectivity index (χ1) is 6.56. The van der Waals surface area contributed by atoms with Crippen LogP contribution in [0, 0.1) is 17.5 Å². The topological polar surface area (TPSA) is 26.3 Å². The van der Waals surface area contributed by atoms with Crippen molar-refractivity contribution in [2.75, 3.05) is 0 Å². The zero-order valence-corrected chi connectivity index (χ0v) is 7.31. The van der Waals surface area contributed by atoms with E-state index in [1.165, 1.54) is 6.92 Å². The summed E-state index contributed by atoms with van der Waals surface area (Å²) < 4.78 is 42.6. The van der Waals surface area contributed by atoms with Gasteiger partial charge in [0, 0.05) is 6.42 Å². The average molecular weight is 204 g/mol. The molecule has 0 aromatic heterocycles. The molecule has 0 radical (unpaired) electrons. The van der Waals surface area contributed by atoms with E-state index in [2.05, 4.69) is 4.74 Å². The van der Waals surface area contributed by atoms with E-state index in [1.54, 1.807) is 0 Å². The van der Waals surface area contributed by atoms with E-state index in [0.29, 0.717) is 12.1 Å². The highest BCUT2D eigenvalue weighted by Crippen LogP contribution is 2.23. The molecule has 76 valence electrons. The summed E-state index contributed by atoms with van der Waals surface area (Å²) in [4.78, 5) is 10.7. The number of halogens is 3. The van der Waals surface area contributed by atoms with Crippen molar-refractivity contribution in [3.8, 4) is 5.75 Å². The normalized spacial score (nSPS) is 10.0. The standard InChI is InChI=1S/C9H7F3O2/c1-2-7(13)14-9-6(11)4-3-5(10)8(9)12/h3-4H,2H2,1H3. The Morgan fingerprint density at radius 2 is 1.86 bits per heavy atom. The summed E-state index contributed by atoms with van der Waals surface area (Å²) in [6.45, 7) is 1.46. The van der Waals surface area contributed by atoms with Gasteiger partial charge in [0.1, 0.15) is 0 Å². The number of hydrogen-bond donors (Lipinski definition) is 0. The van der Waals surface area contributed by atoms with Gasteiger partial charge in [-0.25, -0.2) is 8.78 Å². The minimum Gasteiger partial charge on any atom is -0.420 e. The predicted molar refractivity (Wildman–Crippen MR) is 42.2 cm³/mol. The van der Waals surface area contributed by atoms with E-state index in [0.717, 1.165) is 0 Å². The maximum absolute atomic E-state index is 12.9. The molecule has 2 nitrogen and oxygen atoms in total. The summed E-state index contributed by atoms with van der Waals surface area (Å²) in [7, 11) is 0. The van der Waals surface area contributed by atoms with Crippen molar-refractivity contribution < 1.29 is 22.7 Å². The molecule has 1 rings (SSSR count). The summed E-state index contributed by atoms with van der Waals surface area (Å²) in [6, 6.07) is 1.31. The van der Waals surface area contributed by atoms with E-state index in [-0.39, 0.29) is 6.42 Å². The third kappa shape index (κ3) is 2.04. The molecule has 0 atom stereocenters. The Balaban J connectivity index is 3.06. The molecule has 0 fully saturated rings. The summed E-state index contributed by atoms with van der Waals surface area (Å²) in [5.41, 5.74) is 0. The van der Waals surface area contributed by atoms with E-state index in [1.807, 2.05) is 0 Å². The molecule has 0 heterocycles. The van der Waals surface area contributed by atoms with Crippen LogP contribution in [0.4, 0.5) is 13.2 Å². The lowest BCUT2D eigenvalue weighted by atomic mass is 10.3. The molecule has 1 aromatic rings. The van der Waals surface area contributed by atoms with Crippen LogP contribution in [0.15, 0.2) is 12.1 Å². The van der Waals surface area contributed by atoms with Gasteiger partial charge >= 0.3 is 5.97 Å². The van der Waals surface area contributed by atoms with Gasteiger partial charge in [-0.3, -0.25) is 4.79 Å². The Bertz CT molecular complexity index is 363. The van der Waals surface area contributed by atoms with Gasteiger partial charge in [0.25, 0.3) is 0 Å². The van der Waals surface area contributed by atoms with Crippen LogP contribution in [0.1, 0.15) is 13.3 Å². The van der Waals surface area contributed by atoms with Crippen LogP contribution in [-0.2, 0) is 4.79 Å². The minimum absolute atomic E-state index is 0.0462. The molecule has 0 amide bonds. The van der Waals surface area contributed by atoms with Crippen molar-refractivity contribution in [2.45, 2.75) is 13.3 Å². The second kappa shape index (κ2) is 4.13. The Labute approximate surface area is 78.3 Å². The van der Waals surface area contributed by atoms with Crippen molar-refractivity contribution in [3.63, 3.8) is 0 Å². The van der Waals surface area contributed by atoms with E-state index in [9.17, 15) is 18.0 Å². The highest BCUT2D eigenvalue weighted by molar-refractivity contribution is 5.72. The van der Waals surface area contributed by atoms with Gasteiger partial charge < -0.3 is 4.74 Å². The van der Waals surface area contributed by atoms with E-state index < -0.39 is 29.2 Å². The molecule has 0 spiro atoms. The maximum Gasteiger partial charge on any atom is 0.311 e. The third-order valence-electron chi connectivity index (χ3n) is 1.51. The summed E-state index contributed by atoms with van der Waals surface area (Å²) in [6.07, 6.45) is -0.0462. The van der Waals surface area contributed by atoms with Gasteiger partial charge in [-0.2, -0.15) is 4.39 Å². The fourth-order valence-corrected chi connectivity index (χ4v) is 0.788. The van der Waals surface area contributed by atoms with Crippen molar-refractivity contribution >= 4 is 5.97 Å². The van der Waals surface area contributed by atoms with Crippen LogP contribution in [0.5, 0.6) is 5.75 Å². The monoisotopic (exact) mass is 204 g/mol. The number of esters is 1. The predicted octanol–water partition coefficient (Wildman–Crippen LogP) is 2.42. The van der Waals surface area contributed by atoms with Gasteiger partial charge in [0.2, 0.25) is 11.6 Å². The molecule has 0 unspecified atom stereocenters. The van der Waals surface area contributed by atoms with Gasteiger partial charge in [-0.1, -0.05) is 6.92 Å². The first kappa shape index (κ1) is 10.6. The van der Waals surface area contributed by atoms with Crippen LogP contribution in [0.3, 0.4) is 0 Å². The van der Waals surface area contributed by atoms with Crippen molar-refractivity contribution in [1.82, 2.24) is 0 Å². The zero-order valence-electron chi connectivity index (χ0n) is 7.31. The first-order valence-corrected chi connectivity index (χ1v) is 3.90. The Hall–Kier alpha value is -1.52. The Kier molecular flexibility index (Phi) is 3.11. The van der Waals surface area contributed by atoms with Crippen LogP contribution in [-0.4, -0.2) is 5.97 Å². The van der Waals surface area contributed by atoms with Crippen LogP contribution in [0.25, 0.3) is 0 Å². The molecule has 0 saturated heterocycles. The third-order valence-corrected chi connectivity index (χ3v) is 1.51. The summed E-state index contributed by atoms with van der Waals surface area (Å²) >= 11 is 0. The molecule has 0 bridgehead atoms. The minimum atomic E-state index is -1.49. The highest BCUT2D eigenvalue weighted by Gasteiger charge is 2.17. The lowest BCUT2D eigenvalue weighted by Gasteiger charge is -2.05. The maximum atomic E-state index is 12.9. The fraction of sp³-hybridized carbons (Fsp3) is 0.222. The number of rotatable bonds is 2. The molecule has 1 aromatic carbocycles. The highest BCUT2D eigenvalue weighted by atomic mass is 19.2. The number of carbonyl (C=O) groups excluding carboxylic acids is 1. The lowest BCUT2D eigenvalue weighted by Crippen LogP contribution is -2.09. The fourth-order valence-electron chi connectivity index (χ4n) is 0.788. The summed E-state index contributed by atoms with van der Waals surface area (Å²) in [5, 5.41) is 0.